The Kier molecular flexibility index (Phi) is 8.34. The van der Waals surface area contributed by atoms with Crippen molar-refractivity contribution in [2.24, 2.45) is 5.10 Å². The summed E-state index contributed by atoms with van der Waals surface area (Å²) in [5.41, 5.74) is 4.90. The predicted octanol–water partition coefficient (Wildman–Crippen LogP) is 4.91. The molecule has 1 amide bonds. The maximum absolute atomic E-state index is 12.2. The van der Waals surface area contributed by atoms with Crippen molar-refractivity contribution in [2.75, 3.05) is 6.61 Å². The van der Waals surface area contributed by atoms with Crippen molar-refractivity contribution in [3.05, 3.63) is 100 Å². The number of amides is 1. The molecule has 7 heteroatoms. The maximum atomic E-state index is 12.2. The van der Waals surface area contributed by atoms with Crippen LogP contribution in [0.4, 0.5) is 0 Å². The van der Waals surface area contributed by atoms with Crippen LogP contribution in [0.15, 0.2) is 88.4 Å². The van der Waals surface area contributed by atoms with Gasteiger partial charge in [0.1, 0.15) is 11.5 Å². The van der Waals surface area contributed by atoms with Gasteiger partial charge >= 0.3 is 5.97 Å². The first-order valence-electron chi connectivity index (χ1n) is 9.75. The molecule has 0 unspecified atom stereocenters. The molecule has 0 saturated heterocycles. The number of hydrogen-bond donors (Lipinski definition) is 1. The number of ether oxygens (including phenoxy) is 2. The minimum Gasteiger partial charge on any atom is -0.484 e. The Bertz CT molecular complexity index is 1130. The summed E-state index contributed by atoms with van der Waals surface area (Å²) in [6, 6.07) is 21.9. The molecule has 0 saturated carbocycles. The van der Waals surface area contributed by atoms with E-state index in [1.165, 1.54) is 12.3 Å². The Labute approximate surface area is 194 Å². The number of benzene rings is 3. The van der Waals surface area contributed by atoms with Crippen LogP contribution in [0.3, 0.4) is 0 Å². The van der Waals surface area contributed by atoms with Gasteiger partial charge in [0.25, 0.3) is 5.91 Å². The van der Waals surface area contributed by atoms with Crippen molar-refractivity contribution in [3.63, 3.8) is 0 Å². The molecule has 3 aromatic rings. The van der Waals surface area contributed by atoms with Crippen LogP contribution in [-0.2, 0) is 9.59 Å². The quantitative estimate of drug-likeness (QED) is 0.159. The molecule has 0 aromatic heterocycles. The monoisotopic (exact) mass is 492 g/mol. The highest BCUT2D eigenvalue weighted by Gasteiger charge is 2.08. The lowest BCUT2D eigenvalue weighted by molar-refractivity contribution is -0.129. The van der Waals surface area contributed by atoms with E-state index in [4.69, 9.17) is 9.47 Å². The first-order chi connectivity index (χ1) is 15.5. The van der Waals surface area contributed by atoms with Gasteiger partial charge in [-0.3, -0.25) is 4.79 Å². The molecule has 0 aliphatic rings. The number of hydrogen-bond acceptors (Lipinski definition) is 5. The fourth-order valence-corrected chi connectivity index (χ4v) is 2.95. The van der Waals surface area contributed by atoms with E-state index in [-0.39, 0.29) is 6.61 Å². The molecule has 32 heavy (non-hydrogen) atoms. The van der Waals surface area contributed by atoms with Gasteiger partial charge in [0.15, 0.2) is 6.61 Å². The number of esters is 1. The van der Waals surface area contributed by atoms with E-state index in [1.807, 2.05) is 49.4 Å². The van der Waals surface area contributed by atoms with Crippen molar-refractivity contribution in [2.45, 2.75) is 6.92 Å². The summed E-state index contributed by atoms with van der Waals surface area (Å²) in [5.74, 6) is -0.0354. The molecule has 0 heterocycles. The molecule has 6 nitrogen and oxygen atoms in total. The lowest BCUT2D eigenvalue weighted by Gasteiger charge is -2.07. The average molecular weight is 493 g/mol. The van der Waals surface area contributed by atoms with Crippen LogP contribution >= 0.6 is 15.9 Å². The number of carbonyl (C=O) groups is 2. The topological polar surface area (TPSA) is 77.0 Å². The van der Waals surface area contributed by atoms with Crippen LogP contribution in [0.5, 0.6) is 11.5 Å². The first kappa shape index (κ1) is 23.0. The lowest BCUT2D eigenvalue weighted by atomic mass is 10.2. The summed E-state index contributed by atoms with van der Waals surface area (Å²) in [5, 5.41) is 3.94. The Morgan fingerprint density at radius 1 is 1.03 bits per heavy atom. The van der Waals surface area contributed by atoms with Gasteiger partial charge in [0.05, 0.1) is 6.21 Å². The number of nitrogens with zero attached hydrogens (tertiary/aromatic N) is 1. The predicted molar refractivity (Wildman–Crippen MR) is 128 cm³/mol. The molecular weight excluding hydrogens is 472 g/mol. The van der Waals surface area contributed by atoms with E-state index in [0.717, 1.165) is 15.6 Å². The second-order valence-corrected chi connectivity index (χ2v) is 7.66. The first-order valence-corrected chi connectivity index (χ1v) is 10.5. The third-order valence-electron chi connectivity index (χ3n) is 4.18. The van der Waals surface area contributed by atoms with Crippen molar-refractivity contribution in [1.82, 2.24) is 5.43 Å². The minimum absolute atomic E-state index is 0.176. The largest absolute Gasteiger partial charge is 0.484 e. The molecule has 0 aliphatic heterocycles. The average Bonchev–Trinajstić information content (AvgIpc) is 2.80. The summed E-state index contributed by atoms with van der Waals surface area (Å²) in [6.07, 6.45) is 4.42. The van der Waals surface area contributed by atoms with E-state index < -0.39 is 11.9 Å². The molecule has 0 spiro atoms. The number of aryl methyl sites for hydroxylation is 1. The van der Waals surface area contributed by atoms with E-state index in [2.05, 4.69) is 26.5 Å². The Morgan fingerprint density at radius 3 is 2.53 bits per heavy atom. The molecule has 0 aliphatic carbocycles. The molecule has 0 radical (unpaired) electrons. The number of hydrazone groups is 1. The van der Waals surface area contributed by atoms with E-state index >= 15 is 0 Å². The Hall–Kier alpha value is -3.71. The number of nitrogens with one attached hydrogen (secondary N) is 1. The zero-order chi connectivity index (χ0) is 22.8. The van der Waals surface area contributed by atoms with Gasteiger partial charge in [0.2, 0.25) is 0 Å². The molecular formula is C25H21BrN2O4. The fourth-order valence-electron chi connectivity index (χ4n) is 2.57. The van der Waals surface area contributed by atoms with Crippen LogP contribution < -0.4 is 14.9 Å². The van der Waals surface area contributed by atoms with Gasteiger partial charge in [-0.15, -0.1) is 0 Å². The molecule has 3 aromatic carbocycles. The normalized spacial score (nSPS) is 10.9. The Balaban J connectivity index is 1.57. The van der Waals surface area contributed by atoms with Gasteiger partial charge in [-0.25, -0.2) is 10.2 Å². The maximum Gasteiger partial charge on any atom is 0.336 e. The minimum atomic E-state index is -0.527. The van der Waals surface area contributed by atoms with Gasteiger partial charge in [-0.2, -0.15) is 5.10 Å². The standard InChI is InChI=1S/C25H21BrN2O4/c1-18-7-11-22(12-8-18)31-17-24(29)28-27-16-20-15-21(26)10-13-23(20)32-25(30)14-9-19-5-3-2-4-6-19/h2-16H,17H2,1H3,(H,28,29)/b14-9+,27-16-. The third kappa shape index (κ3) is 7.52. The molecule has 162 valence electrons. The fraction of sp³-hybridized carbons (Fsp3) is 0.0800. The van der Waals surface area contributed by atoms with Crippen LogP contribution in [0.1, 0.15) is 16.7 Å². The second kappa shape index (κ2) is 11.6. The van der Waals surface area contributed by atoms with Gasteiger partial charge in [-0.05, 0) is 48.9 Å². The summed E-state index contributed by atoms with van der Waals surface area (Å²) in [7, 11) is 0. The number of halogens is 1. The van der Waals surface area contributed by atoms with Gasteiger partial charge in [-0.1, -0.05) is 64.0 Å². The molecule has 0 fully saturated rings. The van der Waals surface area contributed by atoms with Crippen LogP contribution in [0.2, 0.25) is 0 Å². The molecule has 0 atom stereocenters. The molecule has 3 rings (SSSR count). The van der Waals surface area contributed by atoms with E-state index in [0.29, 0.717) is 17.1 Å². The number of carbonyl (C=O) groups excluding carboxylic acids is 2. The summed E-state index contributed by atoms with van der Waals surface area (Å²) in [4.78, 5) is 24.2. The smallest absolute Gasteiger partial charge is 0.336 e. The summed E-state index contributed by atoms with van der Waals surface area (Å²) >= 11 is 3.38. The van der Waals surface area contributed by atoms with Crippen molar-refractivity contribution >= 4 is 40.1 Å². The lowest BCUT2D eigenvalue weighted by Crippen LogP contribution is -2.24. The summed E-state index contributed by atoms with van der Waals surface area (Å²) in [6.45, 7) is 1.79. The van der Waals surface area contributed by atoms with Crippen molar-refractivity contribution < 1.29 is 19.1 Å². The Morgan fingerprint density at radius 2 is 1.78 bits per heavy atom. The molecule has 0 bridgehead atoms. The van der Waals surface area contributed by atoms with E-state index in [1.54, 1.807) is 36.4 Å². The van der Waals surface area contributed by atoms with Gasteiger partial charge < -0.3 is 9.47 Å². The van der Waals surface area contributed by atoms with Crippen LogP contribution in [0, 0.1) is 6.92 Å². The molecule has 1 N–H and O–H groups in total. The highest BCUT2D eigenvalue weighted by Crippen LogP contribution is 2.22. The highest BCUT2D eigenvalue weighted by molar-refractivity contribution is 9.10. The zero-order valence-corrected chi connectivity index (χ0v) is 18.9. The zero-order valence-electron chi connectivity index (χ0n) is 17.3. The van der Waals surface area contributed by atoms with Crippen molar-refractivity contribution in [1.29, 1.82) is 0 Å². The van der Waals surface area contributed by atoms with Crippen molar-refractivity contribution in [3.8, 4) is 11.5 Å². The number of rotatable bonds is 8. The van der Waals surface area contributed by atoms with Crippen LogP contribution in [-0.4, -0.2) is 24.7 Å². The van der Waals surface area contributed by atoms with Crippen LogP contribution in [0.25, 0.3) is 6.08 Å². The summed E-state index contributed by atoms with van der Waals surface area (Å²) < 4.78 is 11.6. The third-order valence-corrected chi connectivity index (χ3v) is 4.67. The highest BCUT2D eigenvalue weighted by atomic mass is 79.9. The van der Waals surface area contributed by atoms with Gasteiger partial charge in [0, 0.05) is 16.1 Å². The second-order valence-electron chi connectivity index (χ2n) is 6.74. The van der Waals surface area contributed by atoms with E-state index in [9.17, 15) is 9.59 Å². The SMILES string of the molecule is Cc1ccc(OCC(=O)N/N=C\c2cc(Br)ccc2OC(=O)/C=C/c2ccccc2)cc1.